The van der Waals surface area contributed by atoms with Gasteiger partial charge in [-0.15, -0.1) is 10.2 Å². The Morgan fingerprint density at radius 3 is 2.18 bits per heavy atom. The lowest BCUT2D eigenvalue weighted by molar-refractivity contribution is 0.297. The fraction of sp³-hybridized carbons (Fsp3) is 0.857. The van der Waals surface area contributed by atoms with Crippen LogP contribution in [0.2, 0.25) is 13.6 Å². The van der Waals surface area contributed by atoms with Crippen LogP contribution in [0, 0.1) is 0 Å². The maximum Gasteiger partial charge on any atom is 0.257 e. The van der Waals surface area contributed by atoms with Gasteiger partial charge >= 0.3 is 0 Å². The van der Waals surface area contributed by atoms with Crippen molar-refractivity contribution in [2.24, 2.45) is 0 Å². The van der Waals surface area contributed by atoms with Gasteiger partial charge in [0.15, 0.2) is 0 Å². The van der Waals surface area contributed by atoms with E-state index in [2.05, 4.69) is 6.30 Å². The maximum absolute atomic E-state index is 9.90. The van der Waals surface area contributed by atoms with Crippen LogP contribution in [0.5, 0.6) is 0 Å². The van der Waals surface area contributed by atoms with Crippen molar-refractivity contribution in [1.29, 1.82) is 0 Å². The van der Waals surface area contributed by atoms with E-state index in [4.69, 9.17) is 8.49 Å². The zero-order chi connectivity index (χ0) is 13.7. The lowest BCUT2D eigenvalue weighted by atomic mass is 10.2. The molecule has 0 saturated carbocycles. The summed E-state index contributed by atoms with van der Waals surface area (Å²) < 4.78 is 20.3. The van der Waals surface area contributed by atoms with Crippen LogP contribution in [0.3, 0.4) is 0 Å². The van der Waals surface area contributed by atoms with Gasteiger partial charge in [0.05, 0.1) is 11.9 Å². The summed E-state index contributed by atoms with van der Waals surface area (Å²) in [5, 5.41) is 9.18. The van der Waals surface area contributed by atoms with Crippen molar-refractivity contribution in [3.63, 3.8) is 0 Å². The molecule has 3 N–H and O–H groups in total. The second kappa shape index (κ2) is 6.91. The van der Waals surface area contributed by atoms with E-state index < -0.39 is 27.9 Å². The fourth-order valence-corrected chi connectivity index (χ4v) is 5.32. The molecule has 2 radical (unpaired) electrons. The van der Waals surface area contributed by atoms with E-state index in [0.717, 1.165) is 0 Å². The van der Waals surface area contributed by atoms with Gasteiger partial charge in [0, 0.05) is 0 Å². The van der Waals surface area contributed by atoms with Gasteiger partial charge in [-0.1, -0.05) is 13.6 Å². The Balaban J connectivity index is 4.45. The molecule has 0 saturated heterocycles. The molecule has 0 rings (SSSR count). The van der Waals surface area contributed by atoms with Gasteiger partial charge in [-0.25, -0.2) is 0 Å². The fourth-order valence-electron chi connectivity index (χ4n) is 0.686. The second-order valence-electron chi connectivity index (χ2n) is 3.74. The normalized spacial score (nSPS) is 25.8. The Bertz CT molecular complexity index is 287. The zero-order valence-electron chi connectivity index (χ0n) is 10.7. The minimum Gasteiger partial charge on any atom is -0.386 e. The Morgan fingerprint density at radius 1 is 1.29 bits per heavy atom. The molecule has 0 aromatic carbocycles. The Hall–Kier alpha value is 0.930. The molecule has 3 unspecified atom stereocenters. The van der Waals surface area contributed by atoms with Gasteiger partial charge in [-0.3, -0.25) is 3.97 Å². The predicted molar refractivity (Wildman–Crippen MR) is 83.3 cm³/mol. The molecule has 0 heterocycles. The SMILES string of the molecule is C=P(O)(OCS(C)(O)[B]C)OS(C)([B]C)CO. The van der Waals surface area contributed by atoms with Gasteiger partial charge < -0.3 is 19.1 Å². The molecule has 3 atom stereocenters. The van der Waals surface area contributed by atoms with Crippen molar-refractivity contribution < 1.29 is 23.0 Å². The molecular formula is C7H21B2O5PS2. The van der Waals surface area contributed by atoms with Crippen molar-refractivity contribution in [3.05, 3.63) is 0 Å². The Labute approximate surface area is 108 Å². The van der Waals surface area contributed by atoms with Crippen LogP contribution in [-0.4, -0.2) is 58.4 Å². The maximum atomic E-state index is 9.90. The summed E-state index contributed by atoms with van der Waals surface area (Å²) >= 11 is 0. The Kier molecular flexibility index (Phi) is 7.29. The highest BCUT2D eigenvalue weighted by atomic mass is 32.3. The summed E-state index contributed by atoms with van der Waals surface area (Å²) in [4.78, 5) is 9.90. The van der Waals surface area contributed by atoms with E-state index in [1.165, 1.54) is 0 Å². The van der Waals surface area contributed by atoms with Crippen molar-refractivity contribution in [3.8, 4) is 0 Å². The lowest BCUT2D eigenvalue weighted by Crippen LogP contribution is -2.14. The van der Waals surface area contributed by atoms with Crippen LogP contribution >= 0.6 is 27.9 Å². The van der Waals surface area contributed by atoms with E-state index in [1.54, 1.807) is 39.3 Å². The number of rotatable bonds is 8. The van der Waals surface area contributed by atoms with Crippen LogP contribution in [0.25, 0.3) is 0 Å². The average molecular weight is 302 g/mol. The summed E-state index contributed by atoms with van der Waals surface area (Å²) in [6.07, 6.45) is 6.82. The number of aliphatic hydroxyl groups is 1. The molecular weight excluding hydrogens is 281 g/mol. The summed E-state index contributed by atoms with van der Waals surface area (Å²) in [6.45, 7) is 6.80. The molecule has 5 nitrogen and oxygen atoms in total. The molecule has 0 fully saturated rings. The van der Waals surface area contributed by atoms with Crippen molar-refractivity contribution >= 4 is 47.3 Å². The van der Waals surface area contributed by atoms with Gasteiger partial charge in [0.2, 0.25) is 13.1 Å². The Morgan fingerprint density at radius 2 is 1.82 bits per heavy atom. The van der Waals surface area contributed by atoms with Crippen LogP contribution in [0.15, 0.2) is 0 Å². The molecule has 0 bridgehead atoms. The van der Waals surface area contributed by atoms with E-state index in [1.807, 2.05) is 0 Å². The molecule has 0 aliphatic carbocycles. The van der Waals surface area contributed by atoms with Crippen LogP contribution < -0.4 is 0 Å². The zero-order valence-corrected chi connectivity index (χ0v) is 13.2. The largest absolute Gasteiger partial charge is 0.386 e. The minimum atomic E-state index is -3.27. The van der Waals surface area contributed by atoms with Gasteiger partial charge in [-0.05, 0) is 18.8 Å². The minimum absolute atomic E-state index is 0.0259. The lowest BCUT2D eigenvalue weighted by Gasteiger charge is -2.37. The van der Waals surface area contributed by atoms with Crippen molar-refractivity contribution in [1.82, 2.24) is 0 Å². The molecule has 0 spiro atoms. The van der Waals surface area contributed by atoms with Gasteiger partial charge in [0.25, 0.3) is 7.57 Å². The van der Waals surface area contributed by atoms with Crippen LogP contribution in [0.4, 0.5) is 0 Å². The second-order valence-corrected chi connectivity index (χ2v) is 11.7. The molecule has 0 aromatic rings. The number of hydrogen-bond acceptors (Lipinski definition) is 5. The quantitative estimate of drug-likeness (QED) is 0.470. The third kappa shape index (κ3) is 7.18. The van der Waals surface area contributed by atoms with Gasteiger partial charge in [0.1, 0.15) is 0 Å². The highest BCUT2D eigenvalue weighted by molar-refractivity contribution is 8.49. The van der Waals surface area contributed by atoms with Crippen molar-refractivity contribution in [2.45, 2.75) is 13.6 Å². The smallest absolute Gasteiger partial charge is 0.257 e. The molecule has 0 aliphatic heterocycles. The van der Waals surface area contributed by atoms with E-state index in [0.29, 0.717) is 0 Å². The molecule has 0 aromatic heterocycles. The third-order valence-electron chi connectivity index (χ3n) is 2.04. The first-order valence-electron chi connectivity index (χ1n) is 4.86. The molecule has 10 heteroatoms. The average Bonchev–Trinajstić information content (AvgIpc) is 2.26. The summed E-state index contributed by atoms with van der Waals surface area (Å²) in [5.74, 6) is -0.226. The summed E-state index contributed by atoms with van der Waals surface area (Å²) in [7, 11) is -7.14. The highest BCUT2D eigenvalue weighted by Crippen LogP contribution is 2.60. The molecule has 0 aliphatic rings. The summed E-state index contributed by atoms with van der Waals surface area (Å²) in [6, 6.07) is 0. The topological polar surface area (TPSA) is 79.2 Å². The van der Waals surface area contributed by atoms with E-state index in [9.17, 15) is 14.6 Å². The van der Waals surface area contributed by atoms with E-state index >= 15 is 0 Å². The number of aliphatic hydroxyl groups excluding tert-OH is 1. The first kappa shape index (κ1) is 17.9. The van der Waals surface area contributed by atoms with Crippen LogP contribution in [-0.2, 0) is 8.49 Å². The monoisotopic (exact) mass is 302 g/mol. The number of hydrogen-bond donors (Lipinski definition) is 3. The van der Waals surface area contributed by atoms with Crippen molar-refractivity contribution in [2.75, 3.05) is 24.4 Å². The predicted octanol–water partition coefficient (Wildman–Crippen LogP) is 1.71. The summed E-state index contributed by atoms with van der Waals surface area (Å²) in [5.41, 5.74) is 0. The third-order valence-corrected chi connectivity index (χ3v) is 8.16. The first-order valence-corrected chi connectivity index (χ1v) is 11.0. The molecule has 17 heavy (non-hydrogen) atoms. The highest BCUT2D eigenvalue weighted by Gasteiger charge is 2.26. The molecule has 0 amide bonds. The van der Waals surface area contributed by atoms with E-state index in [-0.39, 0.29) is 11.9 Å². The standard InChI is InChI=1S/C7H21B2O5PS2/c1-8-16(4,12)7-13-15(3,11)14-17(5,6-10)9-2/h10-12H,3,6-7H2,1-2,4-5H3. The van der Waals surface area contributed by atoms with Crippen LogP contribution in [0.1, 0.15) is 0 Å². The molecule has 102 valence electrons. The first-order chi connectivity index (χ1) is 7.60. The van der Waals surface area contributed by atoms with Gasteiger partial charge in [-0.2, -0.15) is 10.2 Å².